The standard InChI is InChI=1S/C16H24N2OS/c1-18-8-7-12(11-18)10-17-16(19)15-9-13-5-3-2-4-6-14(13)20-15/h9,12H,2-8,10-11H2,1H3,(H,17,19). The van der Waals surface area contributed by atoms with Crippen LogP contribution in [0.15, 0.2) is 6.07 Å². The molecule has 0 aromatic carbocycles. The molecular weight excluding hydrogens is 268 g/mol. The van der Waals surface area contributed by atoms with Crippen LogP contribution in [0.25, 0.3) is 0 Å². The number of likely N-dealkylation sites (tertiary alicyclic amines) is 1. The highest BCUT2D eigenvalue weighted by Crippen LogP contribution is 2.29. The Balaban J connectivity index is 1.57. The highest BCUT2D eigenvalue weighted by molar-refractivity contribution is 7.14. The molecule has 1 aliphatic heterocycles. The summed E-state index contributed by atoms with van der Waals surface area (Å²) >= 11 is 1.72. The normalized spacial score (nSPS) is 23.4. The predicted molar refractivity (Wildman–Crippen MR) is 83.5 cm³/mol. The van der Waals surface area contributed by atoms with Crippen molar-refractivity contribution >= 4 is 17.2 Å². The van der Waals surface area contributed by atoms with E-state index in [4.69, 9.17) is 0 Å². The van der Waals surface area contributed by atoms with E-state index >= 15 is 0 Å². The molecule has 1 saturated heterocycles. The first-order chi connectivity index (χ1) is 9.72. The molecule has 2 heterocycles. The molecule has 3 nitrogen and oxygen atoms in total. The lowest BCUT2D eigenvalue weighted by Crippen LogP contribution is -2.29. The second-order valence-electron chi connectivity index (χ2n) is 6.25. The van der Waals surface area contributed by atoms with E-state index in [1.54, 1.807) is 11.3 Å². The Kier molecular flexibility index (Phi) is 4.41. The van der Waals surface area contributed by atoms with Crippen LogP contribution in [0.4, 0.5) is 0 Å². The van der Waals surface area contributed by atoms with Crippen LogP contribution >= 0.6 is 11.3 Å². The number of aryl methyl sites for hydroxylation is 2. The molecule has 110 valence electrons. The number of thiophene rings is 1. The van der Waals surface area contributed by atoms with Gasteiger partial charge in [0.15, 0.2) is 0 Å². The van der Waals surface area contributed by atoms with Crippen molar-refractivity contribution in [3.63, 3.8) is 0 Å². The van der Waals surface area contributed by atoms with Gasteiger partial charge >= 0.3 is 0 Å². The Hall–Kier alpha value is -0.870. The molecule has 1 fully saturated rings. The number of fused-ring (bicyclic) bond motifs is 1. The fraction of sp³-hybridized carbons (Fsp3) is 0.688. The molecule has 1 aliphatic carbocycles. The predicted octanol–water partition coefficient (Wildman–Crippen LogP) is 2.70. The van der Waals surface area contributed by atoms with Gasteiger partial charge in [0, 0.05) is 18.0 Å². The largest absolute Gasteiger partial charge is 0.351 e. The summed E-state index contributed by atoms with van der Waals surface area (Å²) < 4.78 is 0. The molecule has 0 saturated carbocycles. The van der Waals surface area contributed by atoms with Crippen molar-refractivity contribution in [3.05, 3.63) is 21.4 Å². The highest BCUT2D eigenvalue weighted by Gasteiger charge is 2.21. The topological polar surface area (TPSA) is 32.3 Å². The van der Waals surface area contributed by atoms with Gasteiger partial charge in [0.1, 0.15) is 0 Å². The van der Waals surface area contributed by atoms with Crippen molar-refractivity contribution in [1.82, 2.24) is 10.2 Å². The number of hydrogen-bond donors (Lipinski definition) is 1. The first kappa shape index (κ1) is 14.1. The van der Waals surface area contributed by atoms with Gasteiger partial charge in [0.2, 0.25) is 0 Å². The van der Waals surface area contributed by atoms with Crippen LogP contribution in [0, 0.1) is 5.92 Å². The van der Waals surface area contributed by atoms with E-state index in [1.807, 2.05) is 0 Å². The summed E-state index contributed by atoms with van der Waals surface area (Å²) in [5.41, 5.74) is 1.43. The quantitative estimate of drug-likeness (QED) is 0.869. The minimum absolute atomic E-state index is 0.137. The third-order valence-corrected chi connectivity index (χ3v) is 5.75. The molecule has 0 spiro atoms. The van der Waals surface area contributed by atoms with E-state index in [0.717, 1.165) is 30.9 Å². The van der Waals surface area contributed by atoms with Crippen molar-refractivity contribution in [2.45, 2.75) is 38.5 Å². The second kappa shape index (κ2) is 6.27. The molecule has 1 aromatic heterocycles. The molecule has 3 rings (SSSR count). The summed E-state index contributed by atoms with van der Waals surface area (Å²) in [4.78, 5) is 17.0. The van der Waals surface area contributed by atoms with Crippen LogP contribution in [-0.2, 0) is 12.8 Å². The van der Waals surface area contributed by atoms with Crippen LogP contribution in [0.5, 0.6) is 0 Å². The van der Waals surface area contributed by atoms with E-state index in [1.165, 1.54) is 42.5 Å². The van der Waals surface area contributed by atoms with Crippen LogP contribution < -0.4 is 5.32 Å². The number of carbonyl (C=O) groups is 1. The van der Waals surface area contributed by atoms with E-state index in [9.17, 15) is 4.79 Å². The Morgan fingerprint density at radius 2 is 2.25 bits per heavy atom. The van der Waals surface area contributed by atoms with Crippen LogP contribution in [0.1, 0.15) is 45.8 Å². The molecule has 0 bridgehead atoms. The molecule has 1 atom stereocenters. The first-order valence-corrected chi connectivity index (χ1v) is 8.62. The zero-order valence-electron chi connectivity index (χ0n) is 12.3. The summed E-state index contributed by atoms with van der Waals surface area (Å²) in [7, 11) is 2.15. The van der Waals surface area contributed by atoms with Crippen molar-refractivity contribution in [2.75, 3.05) is 26.7 Å². The maximum absolute atomic E-state index is 12.3. The minimum atomic E-state index is 0.137. The molecule has 1 amide bonds. The van der Waals surface area contributed by atoms with Crippen molar-refractivity contribution in [2.24, 2.45) is 5.92 Å². The van der Waals surface area contributed by atoms with Gasteiger partial charge in [0.25, 0.3) is 5.91 Å². The smallest absolute Gasteiger partial charge is 0.261 e. The van der Waals surface area contributed by atoms with Gasteiger partial charge in [-0.3, -0.25) is 4.79 Å². The number of hydrogen-bond acceptors (Lipinski definition) is 3. The van der Waals surface area contributed by atoms with Crippen LogP contribution in [0.3, 0.4) is 0 Å². The fourth-order valence-electron chi connectivity index (χ4n) is 3.30. The van der Waals surface area contributed by atoms with Gasteiger partial charge in [-0.05, 0) is 63.2 Å². The number of amides is 1. The second-order valence-corrected chi connectivity index (χ2v) is 7.38. The zero-order valence-corrected chi connectivity index (χ0v) is 13.1. The molecule has 0 radical (unpaired) electrons. The molecule has 1 unspecified atom stereocenters. The van der Waals surface area contributed by atoms with Gasteiger partial charge in [-0.2, -0.15) is 0 Å². The van der Waals surface area contributed by atoms with E-state index in [-0.39, 0.29) is 5.91 Å². The molecular formula is C16H24N2OS. The summed E-state index contributed by atoms with van der Waals surface area (Å²) in [5, 5.41) is 3.13. The third-order valence-electron chi connectivity index (χ3n) is 4.51. The average molecular weight is 292 g/mol. The lowest BCUT2D eigenvalue weighted by Gasteiger charge is -2.11. The third kappa shape index (κ3) is 3.23. The zero-order chi connectivity index (χ0) is 13.9. The maximum Gasteiger partial charge on any atom is 0.261 e. The monoisotopic (exact) mass is 292 g/mol. The van der Waals surface area contributed by atoms with Gasteiger partial charge in [0.05, 0.1) is 4.88 Å². The van der Waals surface area contributed by atoms with Crippen LogP contribution in [-0.4, -0.2) is 37.5 Å². The van der Waals surface area contributed by atoms with E-state index in [0.29, 0.717) is 5.92 Å². The Morgan fingerprint density at radius 3 is 3.05 bits per heavy atom. The van der Waals surface area contributed by atoms with Crippen LogP contribution in [0.2, 0.25) is 0 Å². The lowest BCUT2D eigenvalue weighted by atomic mass is 10.1. The molecule has 2 aliphatic rings. The minimum Gasteiger partial charge on any atom is -0.351 e. The number of rotatable bonds is 3. The summed E-state index contributed by atoms with van der Waals surface area (Å²) in [6.07, 6.45) is 7.42. The molecule has 1 N–H and O–H groups in total. The number of nitrogens with one attached hydrogen (secondary N) is 1. The Morgan fingerprint density at radius 1 is 1.40 bits per heavy atom. The van der Waals surface area contributed by atoms with Crippen molar-refractivity contribution in [1.29, 1.82) is 0 Å². The SMILES string of the molecule is CN1CCC(CNC(=O)c2cc3c(s2)CCCCC3)C1. The first-order valence-electron chi connectivity index (χ1n) is 7.80. The van der Waals surface area contributed by atoms with Gasteiger partial charge in [-0.25, -0.2) is 0 Å². The summed E-state index contributed by atoms with van der Waals surface area (Å²) in [6, 6.07) is 2.14. The Bertz CT molecular complexity index is 459. The molecule has 4 heteroatoms. The molecule has 1 aromatic rings. The van der Waals surface area contributed by atoms with Gasteiger partial charge in [-0.15, -0.1) is 11.3 Å². The van der Waals surface area contributed by atoms with Crippen molar-refractivity contribution < 1.29 is 4.79 Å². The van der Waals surface area contributed by atoms with Gasteiger partial charge in [-0.1, -0.05) is 6.42 Å². The lowest BCUT2D eigenvalue weighted by molar-refractivity contribution is 0.0951. The Labute approximate surface area is 125 Å². The number of nitrogens with zero attached hydrogens (tertiary/aromatic N) is 1. The van der Waals surface area contributed by atoms with Gasteiger partial charge < -0.3 is 10.2 Å². The average Bonchev–Trinajstić information content (AvgIpc) is 2.97. The van der Waals surface area contributed by atoms with Crippen molar-refractivity contribution in [3.8, 4) is 0 Å². The molecule has 20 heavy (non-hydrogen) atoms. The fourth-order valence-corrected chi connectivity index (χ4v) is 4.47. The summed E-state index contributed by atoms with van der Waals surface area (Å²) in [6.45, 7) is 3.10. The maximum atomic E-state index is 12.3. The summed E-state index contributed by atoms with van der Waals surface area (Å²) in [5.74, 6) is 0.763. The van der Waals surface area contributed by atoms with E-state index < -0.39 is 0 Å². The van der Waals surface area contributed by atoms with E-state index in [2.05, 4.69) is 23.3 Å². The highest BCUT2D eigenvalue weighted by atomic mass is 32.1. The number of carbonyl (C=O) groups excluding carboxylic acids is 1.